The normalized spacial score (nSPS) is 33.5. The summed E-state index contributed by atoms with van der Waals surface area (Å²) >= 11 is 0. The molecule has 2 N–H and O–H groups in total. The minimum atomic E-state index is -2.84. The topological polar surface area (TPSA) is 75.3 Å². The van der Waals surface area contributed by atoms with Gasteiger partial charge in [0.05, 0.1) is 17.4 Å². The van der Waals surface area contributed by atoms with Crippen LogP contribution in [0.5, 0.6) is 0 Å². The van der Waals surface area contributed by atoms with Gasteiger partial charge in [0.25, 0.3) is 0 Å². The van der Waals surface area contributed by atoms with E-state index < -0.39 is 9.84 Å². The average Bonchev–Trinajstić information content (AvgIpc) is 2.68. The molecule has 6 heteroatoms. The molecule has 5 nitrogen and oxygen atoms in total. The maximum Gasteiger partial charge on any atom is 0.224 e. The average molecular weight is 260 g/mol. The van der Waals surface area contributed by atoms with Gasteiger partial charge < -0.3 is 10.6 Å². The van der Waals surface area contributed by atoms with Crippen molar-refractivity contribution >= 4 is 15.7 Å². The first kappa shape index (κ1) is 12.8. The van der Waals surface area contributed by atoms with Crippen LogP contribution in [0.2, 0.25) is 0 Å². The van der Waals surface area contributed by atoms with Crippen molar-refractivity contribution in [1.29, 1.82) is 0 Å². The Balaban J connectivity index is 1.84. The first-order valence-corrected chi connectivity index (χ1v) is 8.01. The molecule has 0 saturated carbocycles. The van der Waals surface area contributed by atoms with E-state index in [0.29, 0.717) is 18.8 Å². The largest absolute Gasteiger partial charge is 0.353 e. The molecule has 2 atom stereocenters. The quantitative estimate of drug-likeness (QED) is 0.704. The van der Waals surface area contributed by atoms with Crippen LogP contribution in [0.4, 0.5) is 0 Å². The highest BCUT2D eigenvalue weighted by Crippen LogP contribution is 2.18. The molecule has 0 bridgehead atoms. The molecule has 0 aliphatic carbocycles. The lowest BCUT2D eigenvalue weighted by atomic mass is 9.96. The maximum atomic E-state index is 12.0. The standard InChI is InChI=1S/C11H20N2O3S/c1-8-6-12-7-10(8)11(14)13-9-2-4-17(15,16)5-3-9/h8-10,12H,2-7H2,1H3,(H,13,14). The number of carbonyl (C=O) groups excluding carboxylic acids is 1. The van der Waals surface area contributed by atoms with E-state index in [2.05, 4.69) is 17.6 Å². The Labute approximate surface area is 102 Å². The maximum absolute atomic E-state index is 12.0. The van der Waals surface area contributed by atoms with Crippen LogP contribution in [-0.2, 0) is 14.6 Å². The Bertz CT molecular complexity index is 380. The lowest BCUT2D eigenvalue weighted by Crippen LogP contribution is -2.44. The number of hydrogen-bond donors (Lipinski definition) is 2. The van der Waals surface area contributed by atoms with Gasteiger partial charge in [-0.1, -0.05) is 6.92 Å². The summed E-state index contributed by atoms with van der Waals surface area (Å²) in [6.07, 6.45) is 1.12. The summed E-state index contributed by atoms with van der Waals surface area (Å²) in [6.45, 7) is 3.69. The van der Waals surface area contributed by atoms with Gasteiger partial charge in [-0.2, -0.15) is 0 Å². The molecule has 17 heavy (non-hydrogen) atoms. The fraction of sp³-hybridized carbons (Fsp3) is 0.909. The Morgan fingerprint density at radius 1 is 1.24 bits per heavy atom. The minimum Gasteiger partial charge on any atom is -0.353 e. The highest BCUT2D eigenvalue weighted by Gasteiger charge is 2.32. The molecule has 0 aromatic heterocycles. The SMILES string of the molecule is CC1CNCC1C(=O)NC1CCS(=O)(=O)CC1. The summed E-state index contributed by atoms with van der Waals surface area (Å²) in [6, 6.07) is 0.0406. The number of hydrogen-bond acceptors (Lipinski definition) is 4. The number of rotatable bonds is 2. The van der Waals surface area contributed by atoms with Crippen LogP contribution >= 0.6 is 0 Å². The molecule has 2 aliphatic rings. The molecule has 0 radical (unpaired) electrons. The molecule has 0 spiro atoms. The van der Waals surface area contributed by atoms with E-state index >= 15 is 0 Å². The van der Waals surface area contributed by atoms with Crippen molar-refractivity contribution in [2.24, 2.45) is 11.8 Å². The van der Waals surface area contributed by atoms with Crippen LogP contribution in [0.3, 0.4) is 0 Å². The lowest BCUT2D eigenvalue weighted by Gasteiger charge is -2.25. The summed E-state index contributed by atoms with van der Waals surface area (Å²) in [5, 5.41) is 6.18. The van der Waals surface area contributed by atoms with Crippen molar-refractivity contribution in [3.8, 4) is 0 Å². The van der Waals surface area contributed by atoms with Crippen molar-refractivity contribution in [3.05, 3.63) is 0 Å². The van der Waals surface area contributed by atoms with Crippen molar-refractivity contribution in [2.45, 2.75) is 25.8 Å². The third-order valence-electron chi connectivity index (χ3n) is 3.76. The number of amides is 1. The van der Waals surface area contributed by atoms with Gasteiger partial charge >= 0.3 is 0 Å². The van der Waals surface area contributed by atoms with Crippen molar-refractivity contribution in [3.63, 3.8) is 0 Å². The molecule has 2 fully saturated rings. The van der Waals surface area contributed by atoms with E-state index in [1.807, 2.05) is 0 Å². The fourth-order valence-corrected chi connectivity index (χ4v) is 4.00. The van der Waals surface area contributed by atoms with Crippen LogP contribution in [-0.4, -0.2) is 45.0 Å². The first-order chi connectivity index (χ1) is 7.98. The lowest BCUT2D eigenvalue weighted by molar-refractivity contribution is -0.126. The molecule has 2 unspecified atom stereocenters. The molecular formula is C11H20N2O3S. The van der Waals surface area contributed by atoms with Crippen molar-refractivity contribution in [2.75, 3.05) is 24.6 Å². The second-order valence-electron chi connectivity index (χ2n) is 5.18. The molecule has 2 rings (SSSR count). The number of nitrogens with one attached hydrogen (secondary N) is 2. The van der Waals surface area contributed by atoms with Gasteiger partial charge in [-0.3, -0.25) is 4.79 Å². The van der Waals surface area contributed by atoms with E-state index in [1.54, 1.807) is 0 Å². The fourth-order valence-electron chi connectivity index (χ4n) is 2.50. The molecule has 98 valence electrons. The van der Waals surface area contributed by atoms with E-state index in [1.165, 1.54) is 0 Å². The number of carbonyl (C=O) groups is 1. The van der Waals surface area contributed by atoms with Gasteiger partial charge in [0.15, 0.2) is 0 Å². The Morgan fingerprint density at radius 3 is 2.41 bits per heavy atom. The van der Waals surface area contributed by atoms with Crippen LogP contribution < -0.4 is 10.6 Å². The summed E-state index contributed by atoms with van der Waals surface area (Å²) in [4.78, 5) is 12.0. The zero-order valence-electron chi connectivity index (χ0n) is 10.1. The molecule has 0 aromatic carbocycles. The molecule has 2 aliphatic heterocycles. The van der Waals surface area contributed by atoms with Gasteiger partial charge in [0, 0.05) is 12.6 Å². The zero-order valence-corrected chi connectivity index (χ0v) is 10.9. The highest BCUT2D eigenvalue weighted by molar-refractivity contribution is 7.91. The van der Waals surface area contributed by atoms with Crippen molar-refractivity contribution < 1.29 is 13.2 Å². The van der Waals surface area contributed by atoms with E-state index in [-0.39, 0.29) is 29.4 Å². The first-order valence-electron chi connectivity index (χ1n) is 6.19. The Morgan fingerprint density at radius 2 is 1.88 bits per heavy atom. The van der Waals surface area contributed by atoms with E-state index in [9.17, 15) is 13.2 Å². The molecule has 0 aromatic rings. The second-order valence-corrected chi connectivity index (χ2v) is 7.48. The second kappa shape index (κ2) is 4.94. The zero-order chi connectivity index (χ0) is 12.5. The van der Waals surface area contributed by atoms with Crippen molar-refractivity contribution in [1.82, 2.24) is 10.6 Å². The van der Waals surface area contributed by atoms with E-state index in [0.717, 1.165) is 13.1 Å². The third kappa shape index (κ3) is 3.19. The predicted molar refractivity (Wildman–Crippen MR) is 65.3 cm³/mol. The smallest absolute Gasteiger partial charge is 0.224 e. The van der Waals surface area contributed by atoms with Gasteiger partial charge in [-0.05, 0) is 25.3 Å². The van der Waals surface area contributed by atoms with Crippen LogP contribution in [0.15, 0.2) is 0 Å². The monoisotopic (exact) mass is 260 g/mol. The van der Waals surface area contributed by atoms with Gasteiger partial charge in [0.2, 0.25) is 5.91 Å². The van der Waals surface area contributed by atoms with Crippen LogP contribution in [0.25, 0.3) is 0 Å². The Kier molecular flexibility index (Phi) is 3.73. The molecule has 2 heterocycles. The summed E-state index contributed by atoms with van der Waals surface area (Å²) in [5.74, 6) is 0.884. The number of sulfone groups is 1. The third-order valence-corrected chi connectivity index (χ3v) is 5.47. The van der Waals surface area contributed by atoms with Crippen LogP contribution in [0, 0.1) is 11.8 Å². The predicted octanol–water partition coefficient (Wildman–Crippen LogP) is -0.465. The minimum absolute atomic E-state index is 0.0357. The molecular weight excluding hydrogens is 240 g/mol. The molecule has 1 amide bonds. The summed E-state index contributed by atoms with van der Waals surface area (Å²) < 4.78 is 22.5. The van der Waals surface area contributed by atoms with Crippen LogP contribution in [0.1, 0.15) is 19.8 Å². The summed E-state index contributed by atoms with van der Waals surface area (Å²) in [7, 11) is -2.84. The molecule has 2 saturated heterocycles. The Hall–Kier alpha value is -0.620. The highest BCUT2D eigenvalue weighted by atomic mass is 32.2. The van der Waals surface area contributed by atoms with E-state index in [4.69, 9.17) is 0 Å². The van der Waals surface area contributed by atoms with Gasteiger partial charge in [-0.15, -0.1) is 0 Å². The van der Waals surface area contributed by atoms with Gasteiger partial charge in [-0.25, -0.2) is 8.42 Å². The van der Waals surface area contributed by atoms with Gasteiger partial charge in [0.1, 0.15) is 9.84 Å². The summed E-state index contributed by atoms with van der Waals surface area (Å²) in [5.41, 5.74) is 0.